The van der Waals surface area contributed by atoms with Gasteiger partial charge in [0.2, 0.25) is 0 Å². The fraction of sp³-hybridized carbons (Fsp3) is 1.00. The summed E-state index contributed by atoms with van der Waals surface area (Å²) in [4.78, 5) is 5.33. The topological polar surface area (TPSA) is 27.7 Å². The van der Waals surface area contributed by atoms with Gasteiger partial charge in [-0.05, 0) is 19.9 Å². The van der Waals surface area contributed by atoms with Crippen molar-refractivity contribution in [3.05, 3.63) is 0 Å². The quantitative estimate of drug-likeness (QED) is 0.759. The lowest BCUT2D eigenvalue weighted by Crippen LogP contribution is -2.46. The molecule has 0 radical (unpaired) electrons. The standard InChI is InChI=1S/C14H29N3O/c1-3-4-13(11-15-2)17-6-5-14(12-17)16-7-9-18-10-8-16/h13-15H,3-12H2,1-2H3. The molecule has 2 saturated heterocycles. The van der Waals surface area contributed by atoms with Crippen LogP contribution in [0.5, 0.6) is 0 Å². The Morgan fingerprint density at radius 2 is 2.06 bits per heavy atom. The van der Waals surface area contributed by atoms with E-state index in [2.05, 4.69) is 29.1 Å². The molecule has 0 aromatic carbocycles. The fourth-order valence-corrected chi connectivity index (χ4v) is 3.32. The predicted molar refractivity (Wildman–Crippen MR) is 75.0 cm³/mol. The number of nitrogens with one attached hydrogen (secondary N) is 1. The van der Waals surface area contributed by atoms with Gasteiger partial charge in [-0.2, -0.15) is 0 Å². The summed E-state index contributed by atoms with van der Waals surface area (Å²) in [6.45, 7) is 10.0. The van der Waals surface area contributed by atoms with Crippen molar-refractivity contribution in [1.82, 2.24) is 15.1 Å². The van der Waals surface area contributed by atoms with Crippen LogP contribution in [0.3, 0.4) is 0 Å². The number of hydrogen-bond donors (Lipinski definition) is 1. The molecule has 0 aliphatic carbocycles. The molecule has 2 atom stereocenters. The van der Waals surface area contributed by atoms with Crippen LogP contribution >= 0.6 is 0 Å². The molecule has 2 aliphatic rings. The third kappa shape index (κ3) is 3.67. The van der Waals surface area contributed by atoms with Crippen LogP contribution in [0.1, 0.15) is 26.2 Å². The third-order valence-corrected chi connectivity index (χ3v) is 4.33. The minimum Gasteiger partial charge on any atom is -0.379 e. The molecule has 0 aromatic heterocycles. The van der Waals surface area contributed by atoms with Crippen LogP contribution in [-0.4, -0.2) is 74.9 Å². The van der Waals surface area contributed by atoms with E-state index in [0.717, 1.165) is 44.9 Å². The molecule has 2 rings (SSSR count). The highest BCUT2D eigenvalue weighted by atomic mass is 16.5. The van der Waals surface area contributed by atoms with E-state index in [9.17, 15) is 0 Å². The molecular weight excluding hydrogens is 226 g/mol. The van der Waals surface area contributed by atoms with Crippen LogP contribution in [0.15, 0.2) is 0 Å². The lowest BCUT2D eigenvalue weighted by molar-refractivity contribution is 0.0175. The Kier molecular flexibility index (Phi) is 5.89. The Hall–Kier alpha value is -0.160. The molecule has 0 amide bonds. The van der Waals surface area contributed by atoms with E-state index in [-0.39, 0.29) is 0 Å². The summed E-state index contributed by atoms with van der Waals surface area (Å²) in [5.41, 5.74) is 0. The average Bonchev–Trinajstić information content (AvgIpc) is 2.89. The van der Waals surface area contributed by atoms with E-state index in [1.54, 1.807) is 0 Å². The Bertz CT molecular complexity index is 225. The summed E-state index contributed by atoms with van der Waals surface area (Å²) in [6, 6.07) is 1.50. The van der Waals surface area contributed by atoms with Crippen molar-refractivity contribution in [1.29, 1.82) is 0 Å². The highest BCUT2D eigenvalue weighted by Crippen LogP contribution is 2.20. The van der Waals surface area contributed by atoms with Crippen molar-refractivity contribution < 1.29 is 4.74 Å². The number of nitrogens with zero attached hydrogens (tertiary/aromatic N) is 2. The van der Waals surface area contributed by atoms with Gasteiger partial charge in [-0.3, -0.25) is 9.80 Å². The van der Waals surface area contributed by atoms with E-state index in [1.165, 1.54) is 32.4 Å². The maximum Gasteiger partial charge on any atom is 0.0594 e. The molecule has 106 valence electrons. The number of likely N-dealkylation sites (tertiary alicyclic amines) is 1. The van der Waals surface area contributed by atoms with Crippen LogP contribution in [0.2, 0.25) is 0 Å². The SMILES string of the molecule is CCCC(CNC)N1CCC(N2CCOCC2)C1. The lowest BCUT2D eigenvalue weighted by Gasteiger charge is -2.33. The Labute approximate surface area is 112 Å². The van der Waals surface area contributed by atoms with Crippen molar-refractivity contribution >= 4 is 0 Å². The molecular formula is C14H29N3O. The predicted octanol–water partition coefficient (Wildman–Crippen LogP) is 0.781. The van der Waals surface area contributed by atoms with Crippen LogP contribution in [-0.2, 0) is 4.74 Å². The molecule has 4 nitrogen and oxygen atoms in total. The molecule has 0 bridgehead atoms. The molecule has 18 heavy (non-hydrogen) atoms. The van der Waals surface area contributed by atoms with Crippen molar-refractivity contribution in [2.75, 3.05) is 53.0 Å². The van der Waals surface area contributed by atoms with Gasteiger partial charge in [0.15, 0.2) is 0 Å². The fourth-order valence-electron chi connectivity index (χ4n) is 3.32. The molecule has 1 N–H and O–H groups in total. The Morgan fingerprint density at radius 1 is 1.28 bits per heavy atom. The number of hydrogen-bond acceptors (Lipinski definition) is 4. The van der Waals surface area contributed by atoms with Gasteiger partial charge in [0, 0.05) is 44.8 Å². The van der Waals surface area contributed by atoms with Gasteiger partial charge in [-0.15, -0.1) is 0 Å². The molecule has 2 heterocycles. The van der Waals surface area contributed by atoms with Gasteiger partial charge >= 0.3 is 0 Å². The Balaban J connectivity index is 1.81. The molecule has 2 fully saturated rings. The second-order valence-electron chi connectivity index (χ2n) is 5.59. The highest BCUT2D eigenvalue weighted by molar-refractivity contribution is 4.88. The summed E-state index contributed by atoms with van der Waals surface area (Å²) < 4.78 is 5.45. The molecule has 2 aliphatic heterocycles. The first-order valence-electron chi connectivity index (χ1n) is 7.55. The summed E-state index contributed by atoms with van der Waals surface area (Å²) >= 11 is 0. The van der Waals surface area contributed by atoms with Crippen molar-refractivity contribution in [2.45, 2.75) is 38.3 Å². The van der Waals surface area contributed by atoms with E-state index < -0.39 is 0 Å². The number of rotatable bonds is 6. The van der Waals surface area contributed by atoms with E-state index in [1.807, 2.05) is 0 Å². The molecule has 2 unspecified atom stereocenters. The smallest absolute Gasteiger partial charge is 0.0594 e. The third-order valence-electron chi connectivity index (χ3n) is 4.33. The summed E-state index contributed by atoms with van der Waals surface area (Å²) in [7, 11) is 2.07. The van der Waals surface area contributed by atoms with Crippen LogP contribution in [0, 0.1) is 0 Å². The zero-order chi connectivity index (χ0) is 12.8. The maximum absolute atomic E-state index is 5.45. The highest BCUT2D eigenvalue weighted by Gasteiger charge is 2.31. The van der Waals surface area contributed by atoms with Gasteiger partial charge in [-0.1, -0.05) is 13.3 Å². The molecule has 0 saturated carbocycles. The van der Waals surface area contributed by atoms with Gasteiger partial charge < -0.3 is 10.1 Å². The summed E-state index contributed by atoms with van der Waals surface area (Å²) in [6.07, 6.45) is 3.94. The number of morpholine rings is 1. The second-order valence-corrected chi connectivity index (χ2v) is 5.59. The zero-order valence-corrected chi connectivity index (χ0v) is 12.0. The largest absolute Gasteiger partial charge is 0.379 e. The van der Waals surface area contributed by atoms with Crippen LogP contribution in [0.4, 0.5) is 0 Å². The van der Waals surface area contributed by atoms with Gasteiger partial charge in [0.1, 0.15) is 0 Å². The number of likely N-dealkylation sites (N-methyl/N-ethyl adjacent to an activating group) is 1. The second kappa shape index (κ2) is 7.43. The minimum atomic E-state index is 0.728. The lowest BCUT2D eigenvalue weighted by atomic mass is 10.1. The van der Waals surface area contributed by atoms with Crippen molar-refractivity contribution in [3.8, 4) is 0 Å². The summed E-state index contributed by atoms with van der Waals surface area (Å²) in [5, 5.41) is 3.35. The van der Waals surface area contributed by atoms with Gasteiger partial charge in [0.05, 0.1) is 13.2 Å². The first-order valence-corrected chi connectivity index (χ1v) is 7.55. The van der Waals surface area contributed by atoms with Crippen molar-refractivity contribution in [2.24, 2.45) is 0 Å². The van der Waals surface area contributed by atoms with Gasteiger partial charge in [0.25, 0.3) is 0 Å². The number of ether oxygens (including phenoxy) is 1. The van der Waals surface area contributed by atoms with Crippen molar-refractivity contribution in [3.63, 3.8) is 0 Å². The molecule has 4 heteroatoms. The van der Waals surface area contributed by atoms with E-state index >= 15 is 0 Å². The normalized spacial score (nSPS) is 28.7. The first-order chi connectivity index (χ1) is 8.85. The maximum atomic E-state index is 5.45. The van der Waals surface area contributed by atoms with Gasteiger partial charge in [-0.25, -0.2) is 0 Å². The minimum absolute atomic E-state index is 0.728. The van der Waals surface area contributed by atoms with E-state index in [0.29, 0.717) is 0 Å². The first kappa shape index (κ1) is 14.3. The summed E-state index contributed by atoms with van der Waals surface area (Å²) in [5.74, 6) is 0. The monoisotopic (exact) mass is 255 g/mol. The molecule has 0 spiro atoms. The van der Waals surface area contributed by atoms with E-state index in [4.69, 9.17) is 4.74 Å². The van der Waals surface area contributed by atoms with Crippen LogP contribution < -0.4 is 5.32 Å². The Morgan fingerprint density at radius 3 is 2.72 bits per heavy atom. The average molecular weight is 255 g/mol. The zero-order valence-electron chi connectivity index (χ0n) is 12.0. The van der Waals surface area contributed by atoms with Crippen LogP contribution in [0.25, 0.3) is 0 Å². The molecule has 0 aromatic rings.